The number of H-pyrrole nitrogens is 4. The van der Waals surface area contributed by atoms with Crippen LogP contribution in [-0.2, 0) is 36.8 Å². The molecular weight excluding hydrogens is 644 g/mol. The van der Waals surface area contributed by atoms with Crippen molar-refractivity contribution in [2.45, 2.75) is 52.9 Å². The molecule has 20 nitrogen and oxygen atoms in total. The number of carbonyl (C=O) groups excluding carboxylic acids is 5. The first kappa shape index (κ1) is 37.7. The van der Waals surface area contributed by atoms with Crippen LogP contribution in [0.15, 0.2) is 49.7 Å². The first-order valence-corrected chi connectivity index (χ1v) is 13.9. The molecule has 4 aromatic heterocycles. The average Bonchev–Trinajstić information content (AvgIpc) is 2.99. The molecule has 5 heterocycles. The number of hydrogen-bond acceptors (Lipinski definition) is 14. The van der Waals surface area contributed by atoms with Crippen LogP contribution < -0.4 is 44.4 Å². The summed E-state index contributed by atoms with van der Waals surface area (Å²) < 4.78 is 13.7. The van der Waals surface area contributed by atoms with Crippen molar-refractivity contribution in [2.24, 2.45) is 0 Å². The summed E-state index contributed by atoms with van der Waals surface area (Å²) in [5.74, 6) is -1.64. The van der Waals surface area contributed by atoms with Gasteiger partial charge in [0.15, 0.2) is 0 Å². The van der Waals surface area contributed by atoms with E-state index in [4.69, 9.17) is 8.83 Å². The third kappa shape index (κ3) is 10.9. The zero-order valence-electron chi connectivity index (χ0n) is 25.9. The Morgan fingerprint density at radius 3 is 1.44 bits per heavy atom. The van der Waals surface area contributed by atoms with Gasteiger partial charge in [0.2, 0.25) is 23.2 Å². The molecule has 48 heavy (non-hydrogen) atoms. The number of ether oxygens (including phenoxy) is 1. The van der Waals surface area contributed by atoms with E-state index in [1.54, 1.807) is 20.8 Å². The van der Waals surface area contributed by atoms with Gasteiger partial charge in [0.25, 0.3) is 11.1 Å². The molecule has 5 rings (SSSR count). The highest BCUT2D eigenvalue weighted by Gasteiger charge is 2.20. The number of Topliss-reactive ketones (excluding diaryl/α,β-unsaturated/α-hetero) is 1. The molecule has 4 amide bonds. The Bertz CT molecular complexity index is 2030. The van der Waals surface area contributed by atoms with E-state index in [0.29, 0.717) is 30.4 Å². The molecule has 1 aliphatic heterocycles. The zero-order valence-corrected chi connectivity index (χ0v) is 25.9. The van der Waals surface area contributed by atoms with Gasteiger partial charge in [-0.25, -0.2) is 24.0 Å². The lowest BCUT2D eigenvalue weighted by Crippen LogP contribution is -2.49. The second-order valence-electron chi connectivity index (χ2n) is 9.36. The minimum atomic E-state index is -0.740. The zero-order chi connectivity index (χ0) is 36.1. The minimum Gasteiger partial charge on any atom is -0.469 e. The highest BCUT2D eigenvalue weighted by Crippen LogP contribution is 2.09. The molecule has 20 heteroatoms. The third-order valence-corrected chi connectivity index (χ3v) is 6.00. The van der Waals surface area contributed by atoms with Crippen molar-refractivity contribution < 1.29 is 37.5 Å². The van der Waals surface area contributed by atoms with E-state index in [-0.39, 0.29) is 40.8 Å². The minimum absolute atomic E-state index is 0.0758. The summed E-state index contributed by atoms with van der Waals surface area (Å²) in [6.45, 7) is 5.32. The molecule has 4 aromatic rings. The number of aromatic nitrogens is 4. The molecule has 0 aliphatic carbocycles. The van der Waals surface area contributed by atoms with Crippen molar-refractivity contribution in [3.63, 3.8) is 0 Å². The number of ketones is 1. The number of aryl methyl sites for hydroxylation is 2. The van der Waals surface area contributed by atoms with Gasteiger partial charge in [0.05, 0.1) is 7.11 Å². The van der Waals surface area contributed by atoms with E-state index >= 15 is 0 Å². The fourth-order valence-electron chi connectivity index (χ4n) is 3.79. The smallest absolute Gasteiger partial charge is 0.337 e. The molecule has 1 saturated heterocycles. The van der Waals surface area contributed by atoms with Crippen LogP contribution in [0.5, 0.6) is 0 Å². The number of amides is 4. The number of urea groups is 1. The molecule has 0 saturated carbocycles. The van der Waals surface area contributed by atoms with Crippen LogP contribution >= 0.6 is 0 Å². The Hall–Kier alpha value is -6.47. The molecule has 0 aromatic carbocycles. The standard InChI is InChI=1S/2C9H8N2O4.C6H10O3.C4H4N2O3/c2*1-2-4-3-5(12)15-8-6(4)7(13)10-9(14)11-8;1-3-5(7)4-6(8)9-2;7-2-1-3(8)6-4(9)5-2/h2*3H,2H2,1H3,(H2,10,11,13,14);3-4H2,1-2H3;1H2,(H2,5,6,7,8,9). The predicted octanol–water partition coefficient (Wildman–Crippen LogP) is -1.26. The molecule has 0 atom stereocenters. The quantitative estimate of drug-likeness (QED) is 0.106. The van der Waals surface area contributed by atoms with Crippen molar-refractivity contribution in [3.8, 4) is 0 Å². The summed E-state index contributed by atoms with van der Waals surface area (Å²) in [6.07, 6.45) is 1.07. The molecule has 256 valence electrons. The Balaban J connectivity index is 0.000000230. The lowest BCUT2D eigenvalue weighted by Gasteiger charge is -2.09. The van der Waals surface area contributed by atoms with Crippen molar-refractivity contribution in [1.82, 2.24) is 30.6 Å². The maximum atomic E-state index is 11.5. The van der Waals surface area contributed by atoms with E-state index in [1.807, 2.05) is 10.6 Å². The molecule has 0 spiro atoms. The van der Waals surface area contributed by atoms with E-state index in [9.17, 15) is 52.7 Å². The summed E-state index contributed by atoms with van der Waals surface area (Å²) in [4.78, 5) is 127. The normalized spacial score (nSPS) is 11.9. The molecule has 0 radical (unpaired) electrons. The maximum absolute atomic E-state index is 11.5. The number of methoxy groups -OCH3 is 1. The van der Waals surface area contributed by atoms with E-state index < -0.39 is 57.6 Å². The van der Waals surface area contributed by atoms with Gasteiger partial charge >= 0.3 is 34.6 Å². The number of hydrogen-bond donors (Lipinski definition) is 6. The first-order valence-electron chi connectivity index (χ1n) is 13.9. The Labute approximate surface area is 265 Å². The van der Waals surface area contributed by atoms with Gasteiger partial charge in [0, 0.05) is 18.6 Å². The first-order chi connectivity index (χ1) is 22.6. The fourth-order valence-corrected chi connectivity index (χ4v) is 3.79. The number of aromatic amines is 4. The molecule has 0 unspecified atom stereocenters. The molecule has 6 N–H and O–H groups in total. The Morgan fingerprint density at radius 2 is 1.10 bits per heavy atom. The van der Waals surface area contributed by atoms with Crippen molar-refractivity contribution in [2.75, 3.05) is 7.11 Å². The van der Waals surface area contributed by atoms with Gasteiger partial charge in [-0.2, -0.15) is 0 Å². The van der Waals surface area contributed by atoms with Crippen LogP contribution in [0.3, 0.4) is 0 Å². The van der Waals surface area contributed by atoms with Crippen molar-refractivity contribution in [3.05, 3.63) is 85.8 Å². The lowest BCUT2D eigenvalue weighted by molar-refractivity contribution is -0.143. The van der Waals surface area contributed by atoms with Crippen LogP contribution in [0.4, 0.5) is 4.79 Å². The number of fused-ring (bicyclic) bond motifs is 2. The monoisotopic (exact) mass is 674 g/mol. The molecule has 1 fully saturated rings. The number of imide groups is 2. The van der Waals surface area contributed by atoms with E-state index in [1.165, 1.54) is 19.2 Å². The number of rotatable bonds is 5. The average molecular weight is 675 g/mol. The number of nitrogens with one attached hydrogen (secondary N) is 6. The van der Waals surface area contributed by atoms with Crippen LogP contribution in [0.1, 0.15) is 51.2 Å². The summed E-state index contributed by atoms with van der Waals surface area (Å²) >= 11 is 0. The summed E-state index contributed by atoms with van der Waals surface area (Å²) in [5.41, 5.74) is -2.68. The van der Waals surface area contributed by atoms with Gasteiger partial charge in [-0.3, -0.25) is 59.3 Å². The third-order valence-electron chi connectivity index (χ3n) is 6.00. The fraction of sp³-hybridized carbons (Fsp3) is 0.321. The number of barbiturate groups is 1. The second kappa shape index (κ2) is 17.3. The van der Waals surface area contributed by atoms with Crippen LogP contribution in [0.2, 0.25) is 0 Å². The maximum Gasteiger partial charge on any atom is 0.337 e. The van der Waals surface area contributed by atoms with Crippen LogP contribution in [0, 0.1) is 0 Å². The van der Waals surface area contributed by atoms with Gasteiger partial charge in [0.1, 0.15) is 29.4 Å². The SMILES string of the molecule is CCC(=O)CC(=O)OC.CCc1cc(=O)oc2[nH]c(=O)[nH]c(=O)c12.CCc1cc(=O)oc2[nH]c(=O)[nH]c(=O)c12.O=C1CC(=O)NC(=O)N1. The number of carbonyl (C=O) groups is 5. The van der Waals surface area contributed by atoms with Crippen LogP contribution in [0.25, 0.3) is 22.2 Å². The van der Waals surface area contributed by atoms with Gasteiger partial charge in [-0.1, -0.05) is 20.8 Å². The van der Waals surface area contributed by atoms with Crippen LogP contribution in [-0.4, -0.2) is 56.6 Å². The topological polar surface area (TPSA) is 310 Å². The summed E-state index contributed by atoms with van der Waals surface area (Å²) in [7, 11) is 1.27. The largest absolute Gasteiger partial charge is 0.469 e. The second-order valence-corrected chi connectivity index (χ2v) is 9.36. The predicted molar refractivity (Wildman–Crippen MR) is 164 cm³/mol. The lowest BCUT2D eigenvalue weighted by atomic mass is 10.1. The van der Waals surface area contributed by atoms with Crippen molar-refractivity contribution in [1.29, 1.82) is 0 Å². The highest BCUT2D eigenvalue weighted by molar-refractivity contribution is 6.14. The molecule has 1 aliphatic rings. The van der Waals surface area contributed by atoms with Crippen molar-refractivity contribution >= 4 is 51.8 Å². The highest BCUT2D eigenvalue weighted by atomic mass is 16.5. The Kier molecular flexibility index (Phi) is 13.6. The molecular formula is C28H30N6O14. The molecule has 0 bridgehead atoms. The number of esters is 1. The van der Waals surface area contributed by atoms with Gasteiger partial charge in [-0.05, 0) is 24.0 Å². The Morgan fingerprint density at radius 1 is 0.688 bits per heavy atom. The van der Waals surface area contributed by atoms with Gasteiger partial charge < -0.3 is 13.6 Å². The van der Waals surface area contributed by atoms with Gasteiger partial charge in [-0.15, -0.1) is 0 Å². The van der Waals surface area contributed by atoms with E-state index in [0.717, 1.165) is 0 Å². The van der Waals surface area contributed by atoms with E-state index in [2.05, 4.69) is 24.7 Å². The summed E-state index contributed by atoms with van der Waals surface area (Å²) in [6, 6.07) is 1.75. The summed E-state index contributed by atoms with van der Waals surface area (Å²) in [5, 5.41) is 4.24.